The van der Waals surface area contributed by atoms with Gasteiger partial charge in [-0.3, -0.25) is 9.88 Å². The highest BCUT2D eigenvalue weighted by atomic mass is 31.2. The number of nitrogens with zero attached hydrogens (tertiary/aromatic N) is 6. The van der Waals surface area contributed by atoms with Gasteiger partial charge >= 0.3 is 13.9 Å². The van der Waals surface area contributed by atoms with Crippen LogP contribution >= 0.6 is 7.82 Å². The SMILES string of the molecule is O=C1O[C@H](CO)CN1c1ccc(-c2ccc(-c3nnn(C4CC4)n3)nc2)c(F)c1.O=P(O)(O)O. The zero-order valence-corrected chi connectivity index (χ0v) is 18.4. The van der Waals surface area contributed by atoms with Gasteiger partial charge in [-0.1, -0.05) is 6.07 Å². The molecule has 1 atom stereocenters. The first-order valence-electron chi connectivity index (χ1n) is 10.1. The lowest BCUT2D eigenvalue weighted by molar-refractivity contribution is 0.0963. The molecular formula is C19H20FN6O7P. The van der Waals surface area contributed by atoms with Gasteiger partial charge in [0, 0.05) is 17.3 Å². The summed E-state index contributed by atoms with van der Waals surface area (Å²) in [4.78, 5) is 40.7. The molecule has 15 heteroatoms. The van der Waals surface area contributed by atoms with Crippen molar-refractivity contribution in [3.63, 3.8) is 0 Å². The van der Waals surface area contributed by atoms with E-state index in [1.54, 1.807) is 35.3 Å². The molecule has 3 aromatic rings. The maximum atomic E-state index is 14.7. The van der Waals surface area contributed by atoms with Gasteiger partial charge in [0.1, 0.15) is 17.6 Å². The summed E-state index contributed by atoms with van der Waals surface area (Å²) < 4.78 is 28.6. The second-order valence-corrected chi connectivity index (χ2v) is 8.60. The molecule has 1 aliphatic carbocycles. The summed E-state index contributed by atoms with van der Waals surface area (Å²) in [6.07, 6.45) is 2.47. The topological polar surface area (TPSA) is 184 Å². The molecule has 180 valence electrons. The van der Waals surface area contributed by atoms with E-state index in [1.807, 2.05) is 0 Å². The van der Waals surface area contributed by atoms with E-state index in [9.17, 15) is 9.18 Å². The average Bonchev–Trinajstić information content (AvgIpc) is 3.38. The van der Waals surface area contributed by atoms with Gasteiger partial charge in [-0.25, -0.2) is 13.8 Å². The van der Waals surface area contributed by atoms with Crippen LogP contribution in [0.2, 0.25) is 0 Å². The number of hydrogen-bond donors (Lipinski definition) is 4. The van der Waals surface area contributed by atoms with Gasteiger partial charge in [0.2, 0.25) is 5.82 Å². The minimum atomic E-state index is -4.64. The molecule has 1 saturated heterocycles. The summed E-state index contributed by atoms with van der Waals surface area (Å²) in [5.74, 6) is -0.0552. The number of carbonyl (C=O) groups is 1. The number of carbonyl (C=O) groups excluding carboxylic acids is 1. The van der Waals surface area contributed by atoms with Gasteiger partial charge in [0.05, 0.1) is 24.9 Å². The van der Waals surface area contributed by atoms with Crippen molar-refractivity contribution in [3.8, 4) is 22.6 Å². The minimum absolute atomic E-state index is 0.179. The van der Waals surface area contributed by atoms with Crippen molar-refractivity contribution in [2.75, 3.05) is 18.1 Å². The van der Waals surface area contributed by atoms with Crippen molar-refractivity contribution in [2.45, 2.75) is 25.0 Å². The first-order chi connectivity index (χ1) is 16.1. The summed E-state index contributed by atoms with van der Waals surface area (Å²) in [5, 5.41) is 21.5. The first-order valence-corrected chi connectivity index (χ1v) is 11.6. The molecule has 2 aliphatic rings. The molecule has 0 unspecified atom stereocenters. The first kappa shape index (κ1) is 23.9. The van der Waals surface area contributed by atoms with Crippen molar-refractivity contribution < 1.29 is 38.3 Å². The van der Waals surface area contributed by atoms with Gasteiger partial charge < -0.3 is 24.5 Å². The molecule has 2 aromatic heterocycles. The van der Waals surface area contributed by atoms with Crippen LogP contribution in [-0.2, 0) is 9.30 Å². The number of anilines is 1. The number of pyridine rings is 1. The van der Waals surface area contributed by atoms with E-state index >= 15 is 0 Å². The highest BCUT2D eigenvalue weighted by Gasteiger charge is 2.32. The Morgan fingerprint density at radius 3 is 2.47 bits per heavy atom. The van der Waals surface area contributed by atoms with Crippen molar-refractivity contribution in [1.29, 1.82) is 0 Å². The number of phosphoric acid groups is 1. The molecule has 2 fully saturated rings. The third-order valence-electron chi connectivity index (χ3n) is 4.95. The normalized spacial score (nSPS) is 17.9. The largest absolute Gasteiger partial charge is 0.466 e. The molecule has 0 radical (unpaired) electrons. The summed E-state index contributed by atoms with van der Waals surface area (Å²) in [5.41, 5.74) is 1.88. The minimum Gasteiger partial charge on any atom is -0.441 e. The highest BCUT2D eigenvalue weighted by molar-refractivity contribution is 7.45. The number of cyclic esters (lactones) is 1. The van der Waals surface area contributed by atoms with Gasteiger partial charge in [-0.05, 0) is 42.3 Å². The van der Waals surface area contributed by atoms with Crippen molar-refractivity contribution in [3.05, 3.63) is 42.3 Å². The third kappa shape index (κ3) is 5.79. The number of aliphatic hydroxyl groups is 1. The van der Waals surface area contributed by atoms with Crippen LogP contribution < -0.4 is 4.90 Å². The number of aliphatic hydroxyl groups excluding tert-OH is 1. The maximum absolute atomic E-state index is 14.7. The number of hydrogen-bond acceptors (Lipinski definition) is 8. The summed E-state index contributed by atoms with van der Waals surface area (Å²) >= 11 is 0. The number of tetrazole rings is 1. The van der Waals surface area contributed by atoms with Gasteiger partial charge in [0.25, 0.3) is 0 Å². The van der Waals surface area contributed by atoms with E-state index < -0.39 is 25.8 Å². The lowest BCUT2D eigenvalue weighted by Gasteiger charge is -2.14. The molecule has 0 spiro atoms. The van der Waals surface area contributed by atoms with E-state index in [2.05, 4.69) is 20.4 Å². The van der Waals surface area contributed by atoms with Crippen LogP contribution in [0.1, 0.15) is 18.9 Å². The zero-order valence-electron chi connectivity index (χ0n) is 17.5. The second kappa shape index (κ2) is 9.52. The Morgan fingerprint density at radius 1 is 1.18 bits per heavy atom. The Labute approximate surface area is 191 Å². The lowest BCUT2D eigenvalue weighted by Crippen LogP contribution is -2.25. The van der Waals surface area contributed by atoms with E-state index in [0.29, 0.717) is 34.4 Å². The number of ether oxygens (including phenoxy) is 1. The van der Waals surface area contributed by atoms with Crippen LogP contribution in [-0.4, -0.2) is 70.3 Å². The van der Waals surface area contributed by atoms with Crippen LogP contribution in [0.5, 0.6) is 0 Å². The molecule has 4 N–H and O–H groups in total. The van der Waals surface area contributed by atoms with Crippen LogP contribution in [0, 0.1) is 5.82 Å². The van der Waals surface area contributed by atoms with E-state index in [0.717, 1.165) is 12.8 Å². The fraction of sp³-hybridized carbons (Fsp3) is 0.316. The number of aromatic nitrogens is 5. The second-order valence-electron chi connectivity index (χ2n) is 7.57. The van der Waals surface area contributed by atoms with Crippen molar-refractivity contribution in [2.24, 2.45) is 0 Å². The van der Waals surface area contributed by atoms with E-state index in [4.69, 9.17) is 29.1 Å². The maximum Gasteiger partial charge on any atom is 0.466 e. The molecule has 1 aromatic carbocycles. The molecule has 0 bridgehead atoms. The Hall–Kier alpha value is -3.29. The molecule has 1 saturated carbocycles. The smallest absolute Gasteiger partial charge is 0.441 e. The lowest BCUT2D eigenvalue weighted by atomic mass is 10.1. The fourth-order valence-corrected chi connectivity index (χ4v) is 3.21. The summed E-state index contributed by atoms with van der Waals surface area (Å²) in [7, 11) is -4.64. The zero-order chi connectivity index (χ0) is 24.5. The monoisotopic (exact) mass is 494 g/mol. The Morgan fingerprint density at radius 2 is 1.91 bits per heavy atom. The average molecular weight is 494 g/mol. The van der Waals surface area contributed by atoms with Crippen LogP contribution in [0.4, 0.5) is 14.9 Å². The molecular weight excluding hydrogens is 474 g/mol. The molecule has 13 nitrogen and oxygen atoms in total. The van der Waals surface area contributed by atoms with E-state index in [-0.39, 0.29) is 13.2 Å². The number of halogens is 1. The van der Waals surface area contributed by atoms with Crippen molar-refractivity contribution in [1.82, 2.24) is 25.2 Å². The Bertz CT molecular complexity index is 1220. The van der Waals surface area contributed by atoms with Gasteiger partial charge in [-0.15, -0.1) is 10.2 Å². The predicted molar refractivity (Wildman–Crippen MR) is 114 cm³/mol. The Balaban J connectivity index is 0.000000499. The molecule has 1 amide bonds. The highest BCUT2D eigenvalue weighted by Crippen LogP contribution is 2.33. The quantitative estimate of drug-likeness (QED) is 0.375. The van der Waals surface area contributed by atoms with Gasteiger partial charge in [-0.2, -0.15) is 4.80 Å². The van der Waals surface area contributed by atoms with Gasteiger partial charge in [0.15, 0.2) is 0 Å². The Kier molecular flexibility index (Phi) is 6.68. The van der Waals surface area contributed by atoms with E-state index in [1.165, 1.54) is 11.0 Å². The molecule has 1 aliphatic heterocycles. The van der Waals surface area contributed by atoms with Crippen LogP contribution in [0.3, 0.4) is 0 Å². The number of rotatable bonds is 5. The molecule has 5 rings (SSSR count). The summed E-state index contributed by atoms with van der Waals surface area (Å²) in [6, 6.07) is 8.29. The van der Waals surface area contributed by atoms with Crippen molar-refractivity contribution >= 4 is 19.6 Å². The molecule has 3 heterocycles. The number of amides is 1. The fourth-order valence-electron chi connectivity index (χ4n) is 3.21. The van der Waals surface area contributed by atoms with Crippen LogP contribution in [0.15, 0.2) is 36.5 Å². The number of benzene rings is 1. The standard InChI is InChI=1S/C19H17FN6O3.H3O4P/c20-16-7-13(25-9-14(10-27)29-19(25)28)4-5-15(16)11-1-6-17(21-8-11)18-22-24-26(23-18)12-2-3-12;1-5(2,3)4/h1,4-8,12,14,27H,2-3,9-10H2;(H3,1,2,3,4)/t14-;/m0./s1. The summed E-state index contributed by atoms with van der Waals surface area (Å²) in [6.45, 7) is -0.0942. The predicted octanol–water partition coefficient (Wildman–Crippen LogP) is 1.27. The third-order valence-corrected chi connectivity index (χ3v) is 4.95. The van der Waals surface area contributed by atoms with Crippen LogP contribution in [0.25, 0.3) is 22.6 Å². The molecule has 34 heavy (non-hydrogen) atoms.